The standard InChI is InChI=1S/C21H28N2O3S2/c1-3-17(18-8-5-4-6-9-18)14-22-21(24)19-10-7-13-23(15-19)28(25,26)20-12-11-16(2)27-20/h4-6,8-9,11-12,17,19H,3,7,10,13-15H2,1-2H3,(H,22,24). The first-order valence-corrected chi connectivity index (χ1v) is 12.1. The number of hydrogen-bond acceptors (Lipinski definition) is 4. The molecule has 1 aromatic heterocycles. The van der Waals surface area contributed by atoms with Gasteiger partial charge in [0.15, 0.2) is 0 Å². The summed E-state index contributed by atoms with van der Waals surface area (Å²) in [4.78, 5) is 13.7. The summed E-state index contributed by atoms with van der Waals surface area (Å²) < 4.78 is 27.6. The molecule has 5 nitrogen and oxygen atoms in total. The van der Waals surface area contributed by atoms with E-state index in [1.54, 1.807) is 6.07 Å². The molecule has 1 saturated heterocycles. The monoisotopic (exact) mass is 420 g/mol. The van der Waals surface area contributed by atoms with Gasteiger partial charge in [0.05, 0.1) is 5.92 Å². The zero-order chi connectivity index (χ0) is 20.1. The minimum Gasteiger partial charge on any atom is -0.355 e. The zero-order valence-electron chi connectivity index (χ0n) is 16.4. The van der Waals surface area contributed by atoms with Crippen LogP contribution in [0.1, 0.15) is 42.5 Å². The van der Waals surface area contributed by atoms with Crippen LogP contribution >= 0.6 is 11.3 Å². The minimum absolute atomic E-state index is 0.0448. The van der Waals surface area contributed by atoms with Crippen molar-refractivity contribution < 1.29 is 13.2 Å². The molecule has 0 bridgehead atoms. The van der Waals surface area contributed by atoms with Crippen LogP contribution in [0.3, 0.4) is 0 Å². The summed E-state index contributed by atoms with van der Waals surface area (Å²) in [5.41, 5.74) is 1.21. The van der Waals surface area contributed by atoms with Crippen molar-refractivity contribution in [1.82, 2.24) is 9.62 Å². The largest absolute Gasteiger partial charge is 0.355 e. The van der Waals surface area contributed by atoms with Gasteiger partial charge < -0.3 is 5.32 Å². The number of amides is 1. The molecule has 1 aromatic carbocycles. The van der Waals surface area contributed by atoms with E-state index >= 15 is 0 Å². The highest BCUT2D eigenvalue weighted by Crippen LogP contribution is 2.28. The number of carbonyl (C=O) groups is 1. The molecule has 1 aliphatic rings. The molecule has 28 heavy (non-hydrogen) atoms. The summed E-state index contributed by atoms with van der Waals surface area (Å²) in [6.45, 7) is 5.32. The molecule has 0 spiro atoms. The number of piperidine rings is 1. The van der Waals surface area contributed by atoms with E-state index in [0.717, 1.165) is 17.7 Å². The van der Waals surface area contributed by atoms with Crippen LogP contribution in [0.15, 0.2) is 46.7 Å². The maximum absolute atomic E-state index is 12.9. The third-order valence-electron chi connectivity index (χ3n) is 5.35. The molecule has 1 amide bonds. The van der Waals surface area contributed by atoms with E-state index in [1.807, 2.05) is 31.2 Å². The molecule has 1 N–H and O–H groups in total. The van der Waals surface area contributed by atoms with Gasteiger partial charge in [-0.3, -0.25) is 4.79 Å². The van der Waals surface area contributed by atoms with Crippen LogP contribution in [0.4, 0.5) is 0 Å². The molecule has 2 heterocycles. The number of carbonyl (C=O) groups excluding carboxylic acids is 1. The number of sulfonamides is 1. The number of rotatable bonds is 7. The lowest BCUT2D eigenvalue weighted by Gasteiger charge is -2.31. The number of aryl methyl sites for hydroxylation is 1. The van der Waals surface area contributed by atoms with E-state index in [4.69, 9.17) is 0 Å². The molecule has 2 atom stereocenters. The van der Waals surface area contributed by atoms with Gasteiger partial charge in [-0.25, -0.2) is 8.42 Å². The molecule has 2 unspecified atom stereocenters. The van der Waals surface area contributed by atoms with Gasteiger partial charge >= 0.3 is 0 Å². The van der Waals surface area contributed by atoms with E-state index in [0.29, 0.717) is 23.7 Å². The number of benzene rings is 1. The lowest BCUT2D eigenvalue weighted by molar-refractivity contribution is -0.126. The molecule has 152 valence electrons. The average molecular weight is 421 g/mol. The molecule has 1 aliphatic heterocycles. The van der Waals surface area contributed by atoms with E-state index in [1.165, 1.54) is 21.2 Å². The highest BCUT2D eigenvalue weighted by Gasteiger charge is 2.34. The van der Waals surface area contributed by atoms with Crippen LogP contribution in [-0.2, 0) is 14.8 Å². The van der Waals surface area contributed by atoms with Gasteiger partial charge in [-0.05, 0) is 43.9 Å². The Hall–Kier alpha value is -1.70. The first-order valence-electron chi connectivity index (χ1n) is 9.81. The molecular formula is C21H28N2O3S2. The van der Waals surface area contributed by atoms with Crippen molar-refractivity contribution in [3.8, 4) is 0 Å². The normalized spacial score (nSPS) is 19.3. The zero-order valence-corrected chi connectivity index (χ0v) is 18.1. The van der Waals surface area contributed by atoms with E-state index in [9.17, 15) is 13.2 Å². The summed E-state index contributed by atoms with van der Waals surface area (Å²) >= 11 is 1.28. The summed E-state index contributed by atoms with van der Waals surface area (Å²) in [5, 5.41) is 3.06. The van der Waals surface area contributed by atoms with E-state index < -0.39 is 10.0 Å². The SMILES string of the molecule is CCC(CNC(=O)C1CCCN(S(=O)(=O)c2ccc(C)s2)C1)c1ccccc1. The number of nitrogens with one attached hydrogen (secondary N) is 1. The van der Waals surface area contributed by atoms with E-state index in [2.05, 4.69) is 24.4 Å². The summed E-state index contributed by atoms with van der Waals surface area (Å²) in [7, 11) is -3.51. The van der Waals surface area contributed by atoms with Crippen LogP contribution in [0, 0.1) is 12.8 Å². The maximum Gasteiger partial charge on any atom is 0.252 e. The third kappa shape index (κ3) is 4.82. The van der Waals surface area contributed by atoms with Gasteiger partial charge in [0.2, 0.25) is 5.91 Å². The molecule has 3 rings (SSSR count). The Bertz CT molecular complexity index is 893. The van der Waals surface area contributed by atoms with Crippen LogP contribution in [-0.4, -0.2) is 38.3 Å². The predicted molar refractivity (Wildman–Crippen MR) is 113 cm³/mol. The molecular weight excluding hydrogens is 392 g/mol. The Balaban J connectivity index is 1.61. The number of hydrogen-bond donors (Lipinski definition) is 1. The molecule has 0 radical (unpaired) electrons. The lowest BCUT2D eigenvalue weighted by Crippen LogP contribution is -2.45. The van der Waals surface area contributed by atoms with Crippen molar-refractivity contribution in [2.75, 3.05) is 19.6 Å². The fraction of sp³-hybridized carbons (Fsp3) is 0.476. The maximum atomic E-state index is 12.9. The van der Waals surface area contributed by atoms with Crippen molar-refractivity contribution in [2.45, 2.75) is 43.2 Å². The molecule has 1 fully saturated rings. The van der Waals surface area contributed by atoms with Gasteiger partial charge in [-0.15, -0.1) is 11.3 Å². The van der Waals surface area contributed by atoms with Crippen molar-refractivity contribution in [3.05, 3.63) is 52.9 Å². The first kappa shape index (κ1) is 21.0. The number of nitrogens with zero attached hydrogens (tertiary/aromatic N) is 1. The Morgan fingerprint density at radius 2 is 2.00 bits per heavy atom. The first-order chi connectivity index (χ1) is 13.4. The summed E-state index contributed by atoms with van der Waals surface area (Å²) in [5.74, 6) is -0.0721. The molecule has 7 heteroatoms. The second kappa shape index (κ2) is 9.20. The topological polar surface area (TPSA) is 66.5 Å². The minimum atomic E-state index is -3.51. The fourth-order valence-electron chi connectivity index (χ4n) is 3.64. The van der Waals surface area contributed by atoms with Crippen LogP contribution in [0.5, 0.6) is 0 Å². The molecule has 0 saturated carbocycles. The average Bonchev–Trinajstić information content (AvgIpc) is 3.16. The van der Waals surface area contributed by atoms with Crippen LogP contribution in [0.25, 0.3) is 0 Å². The Kier molecular flexibility index (Phi) is 6.91. The van der Waals surface area contributed by atoms with Crippen molar-refractivity contribution in [2.24, 2.45) is 5.92 Å². The predicted octanol–water partition coefficient (Wildman–Crippen LogP) is 3.77. The van der Waals surface area contributed by atoms with E-state index in [-0.39, 0.29) is 24.3 Å². The third-order valence-corrected chi connectivity index (χ3v) is 8.68. The van der Waals surface area contributed by atoms with Crippen molar-refractivity contribution in [3.63, 3.8) is 0 Å². The fourth-order valence-corrected chi connectivity index (χ4v) is 6.61. The van der Waals surface area contributed by atoms with Gasteiger partial charge in [-0.1, -0.05) is 37.3 Å². The van der Waals surface area contributed by atoms with Gasteiger partial charge in [0, 0.05) is 30.4 Å². The Labute approximate surface area is 171 Å². The van der Waals surface area contributed by atoms with Gasteiger partial charge in [0.25, 0.3) is 10.0 Å². The second-order valence-corrected chi connectivity index (χ2v) is 10.8. The highest BCUT2D eigenvalue weighted by molar-refractivity contribution is 7.91. The van der Waals surface area contributed by atoms with Crippen LogP contribution < -0.4 is 5.32 Å². The van der Waals surface area contributed by atoms with Crippen molar-refractivity contribution >= 4 is 27.3 Å². The summed E-state index contributed by atoms with van der Waals surface area (Å²) in [6.07, 6.45) is 2.37. The van der Waals surface area contributed by atoms with Crippen LogP contribution in [0.2, 0.25) is 0 Å². The molecule has 2 aromatic rings. The second-order valence-electron chi connectivity index (χ2n) is 7.33. The van der Waals surface area contributed by atoms with Crippen molar-refractivity contribution in [1.29, 1.82) is 0 Å². The highest BCUT2D eigenvalue weighted by atomic mass is 32.2. The Morgan fingerprint density at radius 1 is 1.25 bits per heavy atom. The molecule has 0 aliphatic carbocycles. The summed E-state index contributed by atoms with van der Waals surface area (Å²) in [6, 6.07) is 13.6. The smallest absolute Gasteiger partial charge is 0.252 e. The Morgan fingerprint density at radius 3 is 2.64 bits per heavy atom. The number of thiophene rings is 1. The lowest BCUT2D eigenvalue weighted by atomic mass is 9.95. The quantitative estimate of drug-likeness (QED) is 0.741. The van der Waals surface area contributed by atoms with Gasteiger partial charge in [-0.2, -0.15) is 4.31 Å². The van der Waals surface area contributed by atoms with Gasteiger partial charge in [0.1, 0.15) is 4.21 Å².